The predicted molar refractivity (Wildman–Crippen MR) is 46.7 cm³/mol. The lowest BCUT2D eigenvalue weighted by atomic mass is 10.3. The monoisotopic (exact) mass is 174 g/mol. The van der Waals surface area contributed by atoms with Gasteiger partial charge in [0.05, 0.1) is 13.2 Å². The Bertz CT molecular complexity index is 99.6. The number of aliphatic hydroxyl groups is 1. The van der Waals surface area contributed by atoms with E-state index in [9.17, 15) is 0 Å². The zero-order valence-corrected chi connectivity index (χ0v) is 7.70. The number of nitrogens with zero attached hydrogens (tertiary/aromatic N) is 2. The number of aliphatic hydroxyl groups excluding tert-OH is 1. The highest BCUT2D eigenvalue weighted by Gasteiger charge is 2.15. The Balaban J connectivity index is 2.11. The molecular weight excluding hydrogens is 156 g/mol. The van der Waals surface area contributed by atoms with Crippen molar-refractivity contribution in [1.82, 2.24) is 9.96 Å². The SMILES string of the molecule is CCON1CCN(CCO)CC1. The van der Waals surface area contributed by atoms with Crippen LogP contribution in [0.25, 0.3) is 0 Å². The van der Waals surface area contributed by atoms with Crippen molar-refractivity contribution >= 4 is 0 Å². The van der Waals surface area contributed by atoms with Gasteiger partial charge in [0, 0.05) is 32.7 Å². The van der Waals surface area contributed by atoms with Crippen molar-refractivity contribution < 1.29 is 9.94 Å². The lowest BCUT2D eigenvalue weighted by Crippen LogP contribution is -2.46. The van der Waals surface area contributed by atoms with E-state index in [1.807, 2.05) is 12.0 Å². The van der Waals surface area contributed by atoms with Crippen molar-refractivity contribution in [3.05, 3.63) is 0 Å². The van der Waals surface area contributed by atoms with Gasteiger partial charge in [0.15, 0.2) is 0 Å². The first-order valence-corrected chi connectivity index (χ1v) is 4.58. The lowest BCUT2D eigenvalue weighted by molar-refractivity contribution is -0.172. The fourth-order valence-electron chi connectivity index (χ4n) is 1.41. The molecule has 0 saturated carbocycles. The van der Waals surface area contributed by atoms with E-state index in [0.717, 1.165) is 39.3 Å². The first-order valence-electron chi connectivity index (χ1n) is 4.58. The summed E-state index contributed by atoms with van der Waals surface area (Å²) in [5, 5.41) is 10.7. The van der Waals surface area contributed by atoms with Crippen LogP contribution in [-0.4, -0.2) is 61.0 Å². The van der Waals surface area contributed by atoms with E-state index < -0.39 is 0 Å². The fraction of sp³-hybridized carbons (Fsp3) is 1.00. The molecule has 0 aromatic carbocycles. The quantitative estimate of drug-likeness (QED) is 0.626. The molecule has 1 heterocycles. The standard InChI is InChI=1S/C8H18N2O2/c1-2-12-10-5-3-9(4-6-10)7-8-11/h11H,2-8H2,1H3. The van der Waals surface area contributed by atoms with Crippen molar-refractivity contribution in [2.45, 2.75) is 6.92 Å². The van der Waals surface area contributed by atoms with E-state index >= 15 is 0 Å². The van der Waals surface area contributed by atoms with Crippen molar-refractivity contribution in [1.29, 1.82) is 0 Å². The van der Waals surface area contributed by atoms with E-state index in [0.29, 0.717) is 0 Å². The van der Waals surface area contributed by atoms with E-state index in [4.69, 9.17) is 9.94 Å². The van der Waals surface area contributed by atoms with E-state index in [1.54, 1.807) is 0 Å². The van der Waals surface area contributed by atoms with E-state index in [-0.39, 0.29) is 6.61 Å². The summed E-state index contributed by atoms with van der Waals surface area (Å²) in [4.78, 5) is 7.60. The molecule has 1 saturated heterocycles. The average molecular weight is 174 g/mol. The van der Waals surface area contributed by atoms with Crippen LogP contribution in [-0.2, 0) is 4.84 Å². The first-order chi connectivity index (χ1) is 5.86. The summed E-state index contributed by atoms with van der Waals surface area (Å²) in [6.45, 7) is 7.71. The number of piperazine rings is 1. The topological polar surface area (TPSA) is 35.9 Å². The van der Waals surface area contributed by atoms with E-state index in [2.05, 4.69) is 4.90 Å². The maximum absolute atomic E-state index is 8.70. The van der Waals surface area contributed by atoms with Gasteiger partial charge < -0.3 is 5.11 Å². The van der Waals surface area contributed by atoms with Gasteiger partial charge in [0.25, 0.3) is 0 Å². The van der Waals surface area contributed by atoms with Crippen LogP contribution in [0.2, 0.25) is 0 Å². The van der Waals surface area contributed by atoms with Crippen LogP contribution < -0.4 is 0 Å². The Morgan fingerprint density at radius 2 is 1.92 bits per heavy atom. The normalized spacial score (nSPS) is 21.5. The van der Waals surface area contributed by atoms with E-state index in [1.165, 1.54) is 0 Å². The molecule has 0 atom stereocenters. The van der Waals surface area contributed by atoms with Crippen molar-refractivity contribution in [2.75, 3.05) is 45.9 Å². The first kappa shape index (κ1) is 9.92. The van der Waals surface area contributed by atoms with Crippen LogP contribution in [0.4, 0.5) is 0 Å². The Kier molecular flexibility index (Phi) is 4.53. The maximum atomic E-state index is 8.70. The predicted octanol–water partition coefficient (Wildman–Crippen LogP) is -0.452. The molecule has 0 bridgehead atoms. The summed E-state index contributed by atoms with van der Waals surface area (Å²) in [7, 11) is 0. The van der Waals surface area contributed by atoms with Gasteiger partial charge in [-0.3, -0.25) is 9.74 Å². The average Bonchev–Trinajstić information content (AvgIpc) is 2.09. The number of hydroxylamine groups is 2. The van der Waals surface area contributed by atoms with Crippen LogP contribution >= 0.6 is 0 Å². The van der Waals surface area contributed by atoms with Gasteiger partial charge >= 0.3 is 0 Å². The molecule has 1 aliphatic rings. The summed E-state index contributed by atoms with van der Waals surface area (Å²) in [5.41, 5.74) is 0. The molecule has 1 N–H and O–H groups in total. The molecule has 1 rings (SSSR count). The van der Waals surface area contributed by atoms with Crippen LogP contribution in [0.15, 0.2) is 0 Å². The molecule has 72 valence electrons. The van der Waals surface area contributed by atoms with Gasteiger partial charge in [-0.15, -0.1) is 0 Å². The highest BCUT2D eigenvalue weighted by Crippen LogP contribution is 2.00. The molecular formula is C8H18N2O2. The Hall–Kier alpha value is -0.160. The second-order valence-corrected chi connectivity index (χ2v) is 2.91. The smallest absolute Gasteiger partial charge is 0.0656 e. The molecule has 0 aromatic rings. The minimum atomic E-state index is 0.259. The Labute approximate surface area is 73.7 Å². The minimum absolute atomic E-state index is 0.259. The molecule has 0 aliphatic carbocycles. The second-order valence-electron chi connectivity index (χ2n) is 2.91. The van der Waals surface area contributed by atoms with Gasteiger partial charge in [-0.25, -0.2) is 0 Å². The van der Waals surface area contributed by atoms with Crippen molar-refractivity contribution in [3.63, 3.8) is 0 Å². The summed E-state index contributed by atoms with van der Waals surface area (Å²) in [5.74, 6) is 0. The largest absolute Gasteiger partial charge is 0.395 e. The maximum Gasteiger partial charge on any atom is 0.0656 e. The Morgan fingerprint density at radius 3 is 2.42 bits per heavy atom. The highest BCUT2D eigenvalue weighted by molar-refractivity contribution is 4.66. The molecule has 4 nitrogen and oxygen atoms in total. The summed E-state index contributed by atoms with van der Waals surface area (Å²) >= 11 is 0. The highest BCUT2D eigenvalue weighted by atomic mass is 16.7. The summed E-state index contributed by atoms with van der Waals surface area (Å²) in [6.07, 6.45) is 0. The van der Waals surface area contributed by atoms with Crippen LogP contribution in [0.5, 0.6) is 0 Å². The summed E-state index contributed by atoms with van der Waals surface area (Å²) < 4.78 is 0. The lowest BCUT2D eigenvalue weighted by Gasteiger charge is -2.33. The molecule has 1 aliphatic heterocycles. The third-order valence-corrected chi connectivity index (χ3v) is 2.06. The van der Waals surface area contributed by atoms with Gasteiger partial charge in [0.1, 0.15) is 0 Å². The molecule has 0 spiro atoms. The third-order valence-electron chi connectivity index (χ3n) is 2.06. The molecule has 0 radical (unpaired) electrons. The molecule has 0 unspecified atom stereocenters. The minimum Gasteiger partial charge on any atom is -0.395 e. The summed E-state index contributed by atoms with van der Waals surface area (Å²) in [6, 6.07) is 0. The second kappa shape index (κ2) is 5.48. The van der Waals surface area contributed by atoms with Crippen LogP contribution in [0, 0.1) is 0 Å². The number of β-amino-alcohol motifs (C(OH)–C–C–N with tert-alkyl or cyclic N) is 1. The van der Waals surface area contributed by atoms with Gasteiger partial charge in [-0.1, -0.05) is 0 Å². The molecule has 1 fully saturated rings. The third kappa shape index (κ3) is 3.06. The van der Waals surface area contributed by atoms with Gasteiger partial charge in [-0.2, -0.15) is 5.06 Å². The number of hydrogen-bond donors (Lipinski definition) is 1. The van der Waals surface area contributed by atoms with Gasteiger partial charge in [-0.05, 0) is 6.92 Å². The van der Waals surface area contributed by atoms with Crippen LogP contribution in [0.1, 0.15) is 6.92 Å². The number of rotatable bonds is 4. The zero-order valence-electron chi connectivity index (χ0n) is 7.70. The van der Waals surface area contributed by atoms with Crippen molar-refractivity contribution in [2.24, 2.45) is 0 Å². The molecule has 12 heavy (non-hydrogen) atoms. The zero-order chi connectivity index (χ0) is 8.81. The number of hydrogen-bond acceptors (Lipinski definition) is 4. The fourth-order valence-corrected chi connectivity index (χ4v) is 1.41. The Morgan fingerprint density at radius 1 is 1.25 bits per heavy atom. The van der Waals surface area contributed by atoms with Crippen LogP contribution in [0.3, 0.4) is 0 Å². The van der Waals surface area contributed by atoms with Crippen molar-refractivity contribution in [3.8, 4) is 0 Å². The van der Waals surface area contributed by atoms with Gasteiger partial charge in [0.2, 0.25) is 0 Å². The molecule has 4 heteroatoms. The molecule has 0 aromatic heterocycles. The molecule has 0 amide bonds.